The number of hydrogen-bond donors (Lipinski definition) is 2. The summed E-state index contributed by atoms with van der Waals surface area (Å²) in [7, 11) is 0. The first-order valence-electron chi connectivity index (χ1n) is 8.61. The summed E-state index contributed by atoms with van der Waals surface area (Å²) in [4.78, 5) is 23.1. The standard InChI is InChI=1S/C21H25NO4/c1-21(2,15-26-14-17-6-4-3-5-7-17)20(25)22-18-11-8-16(9-12-18)10-13-19(23)24/h3-9,11-12H,10,13-15H2,1-2H3,(H,22,25)(H,23,24). The number of aliphatic carboxylic acids is 1. The van der Waals surface area contributed by atoms with Crippen molar-refractivity contribution in [2.75, 3.05) is 11.9 Å². The zero-order valence-electron chi connectivity index (χ0n) is 15.2. The molecule has 0 saturated carbocycles. The fourth-order valence-electron chi connectivity index (χ4n) is 2.37. The summed E-state index contributed by atoms with van der Waals surface area (Å²) < 4.78 is 5.70. The quantitative estimate of drug-likeness (QED) is 0.716. The minimum atomic E-state index is -0.820. The van der Waals surface area contributed by atoms with Crippen molar-refractivity contribution < 1.29 is 19.4 Å². The Labute approximate surface area is 154 Å². The van der Waals surface area contributed by atoms with Gasteiger partial charge in [-0.3, -0.25) is 9.59 Å². The average molecular weight is 355 g/mol. The van der Waals surface area contributed by atoms with Gasteiger partial charge in [-0.1, -0.05) is 42.5 Å². The van der Waals surface area contributed by atoms with E-state index in [1.54, 1.807) is 12.1 Å². The topological polar surface area (TPSA) is 75.6 Å². The molecule has 0 spiro atoms. The Morgan fingerprint density at radius 2 is 1.65 bits per heavy atom. The van der Waals surface area contributed by atoms with Gasteiger partial charge in [0.25, 0.3) is 0 Å². The normalized spacial score (nSPS) is 11.2. The molecule has 0 unspecified atom stereocenters. The fourth-order valence-corrected chi connectivity index (χ4v) is 2.37. The van der Waals surface area contributed by atoms with E-state index < -0.39 is 11.4 Å². The summed E-state index contributed by atoms with van der Waals surface area (Å²) >= 11 is 0. The minimum Gasteiger partial charge on any atom is -0.481 e. The third-order valence-corrected chi connectivity index (χ3v) is 4.03. The van der Waals surface area contributed by atoms with Gasteiger partial charge in [-0.25, -0.2) is 0 Å². The van der Waals surface area contributed by atoms with E-state index in [9.17, 15) is 9.59 Å². The van der Waals surface area contributed by atoms with Gasteiger partial charge in [-0.15, -0.1) is 0 Å². The molecule has 5 nitrogen and oxygen atoms in total. The van der Waals surface area contributed by atoms with Crippen LogP contribution in [0.3, 0.4) is 0 Å². The largest absolute Gasteiger partial charge is 0.481 e. The van der Waals surface area contributed by atoms with Crippen LogP contribution in [0.25, 0.3) is 0 Å². The smallest absolute Gasteiger partial charge is 0.303 e. The van der Waals surface area contributed by atoms with Crippen LogP contribution in [0.5, 0.6) is 0 Å². The van der Waals surface area contributed by atoms with E-state index in [4.69, 9.17) is 9.84 Å². The Bertz CT molecular complexity index is 723. The Morgan fingerprint density at radius 3 is 2.27 bits per heavy atom. The number of carboxylic acids is 1. The lowest BCUT2D eigenvalue weighted by molar-refractivity contribution is -0.137. The van der Waals surface area contributed by atoms with Crippen LogP contribution >= 0.6 is 0 Å². The third-order valence-electron chi connectivity index (χ3n) is 4.03. The van der Waals surface area contributed by atoms with Crippen LogP contribution in [-0.2, 0) is 27.4 Å². The molecule has 2 rings (SSSR count). The van der Waals surface area contributed by atoms with Gasteiger partial charge in [0, 0.05) is 12.1 Å². The highest BCUT2D eigenvalue weighted by atomic mass is 16.5. The number of benzene rings is 2. The number of nitrogens with one attached hydrogen (secondary N) is 1. The molecule has 0 fully saturated rings. The van der Waals surface area contributed by atoms with Gasteiger partial charge in [-0.2, -0.15) is 0 Å². The molecule has 2 aromatic rings. The van der Waals surface area contributed by atoms with Crippen LogP contribution < -0.4 is 5.32 Å². The van der Waals surface area contributed by atoms with Crippen molar-refractivity contribution in [3.05, 3.63) is 65.7 Å². The van der Waals surface area contributed by atoms with Gasteiger partial charge in [0.05, 0.1) is 18.6 Å². The summed E-state index contributed by atoms with van der Waals surface area (Å²) in [6, 6.07) is 17.1. The molecule has 0 bridgehead atoms. The van der Waals surface area contributed by atoms with E-state index in [0.717, 1.165) is 11.1 Å². The van der Waals surface area contributed by atoms with Crippen molar-refractivity contribution >= 4 is 17.6 Å². The lowest BCUT2D eigenvalue weighted by atomic mass is 9.93. The van der Waals surface area contributed by atoms with Gasteiger partial charge >= 0.3 is 5.97 Å². The molecule has 138 valence electrons. The van der Waals surface area contributed by atoms with Crippen molar-refractivity contribution in [1.82, 2.24) is 0 Å². The Hall–Kier alpha value is -2.66. The molecule has 0 saturated heterocycles. The summed E-state index contributed by atoms with van der Waals surface area (Å²) in [5.41, 5.74) is 2.01. The SMILES string of the molecule is CC(C)(COCc1ccccc1)C(=O)Nc1ccc(CCC(=O)O)cc1. The summed E-state index contributed by atoms with van der Waals surface area (Å²) in [5, 5.41) is 11.6. The molecule has 0 radical (unpaired) electrons. The predicted molar refractivity (Wildman–Crippen MR) is 101 cm³/mol. The molecular weight excluding hydrogens is 330 g/mol. The molecule has 26 heavy (non-hydrogen) atoms. The maximum atomic E-state index is 12.5. The zero-order valence-corrected chi connectivity index (χ0v) is 15.2. The summed E-state index contributed by atoms with van der Waals surface area (Å²) in [6.07, 6.45) is 0.569. The van der Waals surface area contributed by atoms with Crippen LogP contribution in [0.2, 0.25) is 0 Å². The molecule has 0 aliphatic heterocycles. The average Bonchev–Trinajstić information content (AvgIpc) is 2.62. The number of carbonyl (C=O) groups excluding carboxylic acids is 1. The van der Waals surface area contributed by atoms with Gasteiger partial charge in [0.2, 0.25) is 5.91 Å². The van der Waals surface area contributed by atoms with Crippen molar-refractivity contribution in [3.8, 4) is 0 Å². The molecular formula is C21H25NO4. The van der Waals surface area contributed by atoms with Crippen LogP contribution in [0.1, 0.15) is 31.4 Å². The number of hydrogen-bond acceptors (Lipinski definition) is 3. The Morgan fingerprint density at radius 1 is 1.00 bits per heavy atom. The molecule has 1 amide bonds. The van der Waals surface area contributed by atoms with Crippen molar-refractivity contribution in [2.24, 2.45) is 5.41 Å². The van der Waals surface area contributed by atoms with Gasteiger partial charge in [-0.05, 0) is 43.5 Å². The Balaban J connectivity index is 1.83. The van der Waals surface area contributed by atoms with E-state index in [0.29, 0.717) is 25.3 Å². The minimum absolute atomic E-state index is 0.0947. The van der Waals surface area contributed by atoms with Crippen molar-refractivity contribution in [2.45, 2.75) is 33.3 Å². The predicted octanol–water partition coefficient (Wildman–Crippen LogP) is 3.89. The number of anilines is 1. The van der Waals surface area contributed by atoms with Gasteiger partial charge in [0.1, 0.15) is 0 Å². The summed E-state index contributed by atoms with van der Waals surface area (Å²) in [5.74, 6) is -0.941. The van der Waals surface area contributed by atoms with E-state index >= 15 is 0 Å². The van der Waals surface area contributed by atoms with Gasteiger partial charge < -0.3 is 15.2 Å². The lowest BCUT2D eigenvalue weighted by Gasteiger charge is -2.23. The Kier molecular flexibility index (Phi) is 6.92. The van der Waals surface area contributed by atoms with Crippen LogP contribution in [0.15, 0.2) is 54.6 Å². The zero-order chi connectivity index (χ0) is 19.0. The molecule has 0 aromatic heterocycles. The second kappa shape index (κ2) is 9.15. The molecule has 0 aliphatic rings. The molecule has 0 heterocycles. The number of aryl methyl sites for hydroxylation is 1. The highest BCUT2D eigenvalue weighted by Crippen LogP contribution is 2.20. The molecule has 2 N–H and O–H groups in total. The van der Waals surface area contributed by atoms with Crippen molar-refractivity contribution in [3.63, 3.8) is 0 Å². The van der Waals surface area contributed by atoms with E-state index in [-0.39, 0.29) is 12.3 Å². The van der Waals surface area contributed by atoms with Crippen LogP contribution in [0.4, 0.5) is 5.69 Å². The maximum Gasteiger partial charge on any atom is 0.303 e. The van der Waals surface area contributed by atoms with Crippen LogP contribution in [-0.4, -0.2) is 23.6 Å². The second-order valence-electron chi connectivity index (χ2n) is 6.91. The number of rotatable bonds is 9. The molecule has 2 aromatic carbocycles. The third kappa shape index (κ3) is 6.33. The lowest BCUT2D eigenvalue weighted by Crippen LogP contribution is -2.34. The summed E-state index contributed by atoms with van der Waals surface area (Å²) in [6.45, 7) is 4.46. The number of carbonyl (C=O) groups is 2. The number of carboxylic acid groups (broad SMARTS) is 1. The van der Waals surface area contributed by atoms with E-state index in [2.05, 4.69) is 5.32 Å². The highest BCUT2D eigenvalue weighted by molar-refractivity contribution is 5.94. The fraction of sp³-hybridized carbons (Fsp3) is 0.333. The highest BCUT2D eigenvalue weighted by Gasteiger charge is 2.28. The number of ether oxygens (including phenoxy) is 1. The van der Waals surface area contributed by atoms with Crippen LogP contribution in [0, 0.1) is 5.41 Å². The first kappa shape index (κ1) is 19.7. The number of amides is 1. The molecule has 0 aliphatic carbocycles. The molecule has 0 atom stereocenters. The van der Waals surface area contributed by atoms with E-state index in [1.165, 1.54) is 0 Å². The van der Waals surface area contributed by atoms with E-state index in [1.807, 2.05) is 56.3 Å². The second-order valence-corrected chi connectivity index (χ2v) is 6.91. The maximum absolute atomic E-state index is 12.5. The first-order valence-corrected chi connectivity index (χ1v) is 8.61. The molecule has 5 heteroatoms. The van der Waals surface area contributed by atoms with Gasteiger partial charge in [0.15, 0.2) is 0 Å². The first-order chi connectivity index (χ1) is 12.4. The monoisotopic (exact) mass is 355 g/mol. The van der Waals surface area contributed by atoms with Crippen molar-refractivity contribution in [1.29, 1.82) is 0 Å².